The van der Waals surface area contributed by atoms with Crippen LogP contribution in [-0.4, -0.2) is 45.0 Å². The highest BCUT2D eigenvalue weighted by molar-refractivity contribution is 7.91. The number of hydrogen-bond donors (Lipinski definition) is 1. The second-order valence-corrected chi connectivity index (χ2v) is 7.17. The van der Waals surface area contributed by atoms with Crippen LogP contribution in [0.15, 0.2) is 18.3 Å². The van der Waals surface area contributed by atoms with Crippen LogP contribution in [0.2, 0.25) is 0 Å². The number of aromatic nitrogens is 1. The highest BCUT2D eigenvalue weighted by Crippen LogP contribution is 2.18. The Kier molecular flexibility index (Phi) is 3.75. The molecule has 1 N–H and O–H groups in total. The first-order valence-corrected chi connectivity index (χ1v) is 7.89. The number of nitrogens with one attached hydrogen (secondary N) is 1. The van der Waals surface area contributed by atoms with Crippen molar-refractivity contribution in [2.24, 2.45) is 0 Å². The van der Waals surface area contributed by atoms with Gasteiger partial charge in [0.05, 0.1) is 23.4 Å². The van der Waals surface area contributed by atoms with Crippen molar-refractivity contribution in [3.63, 3.8) is 0 Å². The molecule has 18 heavy (non-hydrogen) atoms. The van der Waals surface area contributed by atoms with Gasteiger partial charge in [-0.25, -0.2) is 13.4 Å². The van der Waals surface area contributed by atoms with E-state index in [4.69, 9.17) is 0 Å². The lowest BCUT2D eigenvalue weighted by molar-refractivity contribution is 0.559. The van der Waals surface area contributed by atoms with Crippen LogP contribution in [-0.2, 0) is 9.84 Å². The van der Waals surface area contributed by atoms with Gasteiger partial charge in [0.15, 0.2) is 0 Å². The predicted octanol–water partition coefficient (Wildman–Crippen LogP) is 1.14. The summed E-state index contributed by atoms with van der Waals surface area (Å²) in [6.07, 6.45) is 3.15. The Labute approximate surface area is 108 Å². The number of nitrogens with zero attached hydrogens (tertiary/aromatic N) is 2. The van der Waals surface area contributed by atoms with Gasteiger partial charge in [0.25, 0.3) is 0 Å². The van der Waals surface area contributed by atoms with E-state index in [9.17, 15) is 8.42 Å². The average molecular weight is 269 g/mol. The number of anilines is 2. The SMILES string of the molecule is CN(C)c1ccc(NC2CCS(=O)(=O)CC2)cn1. The van der Waals surface area contributed by atoms with Crippen molar-refractivity contribution in [2.75, 3.05) is 35.8 Å². The van der Waals surface area contributed by atoms with Gasteiger partial charge in [0.1, 0.15) is 15.7 Å². The molecular weight excluding hydrogens is 250 g/mol. The van der Waals surface area contributed by atoms with E-state index < -0.39 is 9.84 Å². The van der Waals surface area contributed by atoms with Crippen LogP contribution in [0, 0.1) is 0 Å². The minimum atomic E-state index is -2.79. The normalized spacial score (nSPS) is 19.4. The van der Waals surface area contributed by atoms with E-state index in [1.807, 2.05) is 31.1 Å². The van der Waals surface area contributed by atoms with Crippen molar-refractivity contribution in [3.8, 4) is 0 Å². The van der Waals surface area contributed by atoms with Gasteiger partial charge in [-0.3, -0.25) is 0 Å². The number of pyridine rings is 1. The topological polar surface area (TPSA) is 62.3 Å². The van der Waals surface area contributed by atoms with E-state index >= 15 is 0 Å². The lowest BCUT2D eigenvalue weighted by atomic mass is 10.1. The van der Waals surface area contributed by atoms with Crippen molar-refractivity contribution in [3.05, 3.63) is 18.3 Å². The third-order valence-electron chi connectivity index (χ3n) is 3.13. The largest absolute Gasteiger partial charge is 0.381 e. The first-order chi connectivity index (χ1) is 8.46. The van der Waals surface area contributed by atoms with E-state index in [-0.39, 0.29) is 17.5 Å². The van der Waals surface area contributed by atoms with E-state index in [2.05, 4.69) is 10.3 Å². The average Bonchev–Trinajstić information content (AvgIpc) is 2.33. The molecule has 0 amide bonds. The van der Waals surface area contributed by atoms with Crippen molar-refractivity contribution in [1.29, 1.82) is 0 Å². The summed E-state index contributed by atoms with van der Waals surface area (Å²) in [7, 11) is 1.10. The van der Waals surface area contributed by atoms with Crippen LogP contribution in [0.4, 0.5) is 11.5 Å². The minimum absolute atomic E-state index is 0.237. The molecule has 1 saturated heterocycles. The van der Waals surface area contributed by atoms with Crippen molar-refractivity contribution in [2.45, 2.75) is 18.9 Å². The molecule has 0 saturated carbocycles. The number of hydrogen-bond acceptors (Lipinski definition) is 5. The van der Waals surface area contributed by atoms with E-state index in [1.165, 1.54) is 0 Å². The Bertz CT molecular complexity index is 483. The third kappa shape index (κ3) is 3.35. The van der Waals surface area contributed by atoms with Crippen LogP contribution < -0.4 is 10.2 Å². The van der Waals surface area contributed by atoms with Gasteiger partial charge in [-0.05, 0) is 25.0 Å². The maximum absolute atomic E-state index is 11.3. The Balaban J connectivity index is 1.94. The van der Waals surface area contributed by atoms with Gasteiger partial charge < -0.3 is 10.2 Å². The molecule has 0 unspecified atom stereocenters. The van der Waals surface area contributed by atoms with Crippen molar-refractivity contribution in [1.82, 2.24) is 4.98 Å². The molecule has 5 nitrogen and oxygen atoms in total. The quantitative estimate of drug-likeness (QED) is 0.891. The Hall–Kier alpha value is -1.30. The first-order valence-electron chi connectivity index (χ1n) is 6.07. The lowest BCUT2D eigenvalue weighted by Crippen LogP contribution is -2.32. The highest BCUT2D eigenvalue weighted by atomic mass is 32.2. The Morgan fingerprint density at radius 2 is 1.94 bits per heavy atom. The molecule has 0 spiro atoms. The van der Waals surface area contributed by atoms with Crippen LogP contribution in [0.25, 0.3) is 0 Å². The Morgan fingerprint density at radius 1 is 1.28 bits per heavy atom. The molecule has 1 aromatic heterocycles. The fourth-order valence-electron chi connectivity index (χ4n) is 2.01. The molecule has 100 valence electrons. The predicted molar refractivity (Wildman–Crippen MR) is 73.9 cm³/mol. The summed E-state index contributed by atoms with van der Waals surface area (Å²) in [4.78, 5) is 6.26. The highest BCUT2D eigenvalue weighted by Gasteiger charge is 2.23. The second kappa shape index (κ2) is 5.14. The fourth-order valence-corrected chi connectivity index (χ4v) is 3.50. The molecule has 6 heteroatoms. The second-order valence-electron chi connectivity index (χ2n) is 4.87. The summed E-state index contributed by atoms with van der Waals surface area (Å²) in [5.74, 6) is 1.48. The first kappa shape index (κ1) is 13.1. The fraction of sp³-hybridized carbons (Fsp3) is 0.583. The van der Waals surface area contributed by atoms with Crippen LogP contribution in [0.3, 0.4) is 0 Å². The molecule has 2 rings (SSSR count). The monoisotopic (exact) mass is 269 g/mol. The standard InChI is InChI=1S/C12H19N3O2S/c1-15(2)12-4-3-11(9-13-12)14-10-5-7-18(16,17)8-6-10/h3-4,9-10,14H,5-8H2,1-2H3. The summed E-state index contributed by atoms with van der Waals surface area (Å²) in [5, 5.41) is 3.34. The molecule has 1 fully saturated rings. The third-order valence-corrected chi connectivity index (χ3v) is 4.85. The van der Waals surface area contributed by atoms with E-state index in [0.29, 0.717) is 12.8 Å². The van der Waals surface area contributed by atoms with Crippen molar-refractivity contribution >= 4 is 21.3 Å². The Morgan fingerprint density at radius 3 is 2.44 bits per heavy atom. The summed E-state index contributed by atoms with van der Waals surface area (Å²) in [6.45, 7) is 0. The number of sulfone groups is 1. The molecule has 0 aliphatic carbocycles. The van der Waals surface area contributed by atoms with E-state index in [0.717, 1.165) is 11.5 Å². The molecule has 1 aliphatic heterocycles. The van der Waals surface area contributed by atoms with Gasteiger partial charge in [0, 0.05) is 20.1 Å². The molecule has 0 radical (unpaired) electrons. The summed E-state index contributed by atoms with van der Waals surface area (Å²) in [5.41, 5.74) is 0.949. The molecule has 0 bridgehead atoms. The van der Waals surface area contributed by atoms with E-state index in [1.54, 1.807) is 6.20 Å². The summed E-state index contributed by atoms with van der Waals surface area (Å²) < 4.78 is 22.6. The zero-order valence-electron chi connectivity index (χ0n) is 10.8. The maximum atomic E-state index is 11.3. The molecule has 1 aliphatic rings. The summed E-state index contributed by atoms with van der Waals surface area (Å²) in [6, 6.07) is 4.16. The lowest BCUT2D eigenvalue weighted by Gasteiger charge is -2.24. The van der Waals surface area contributed by atoms with Crippen molar-refractivity contribution < 1.29 is 8.42 Å². The summed E-state index contributed by atoms with van der Waals surface area (Å²) >= 11 is 0. The van der Waals surface area contributed by atoms with Crippen LogP contribution in [0.5, 0.6) is 0 Å². The molecule has 0 aromatic carbocycles. The minimum Gasteiger partial charge on any atom is -0.381 e. The van der Waals surface area contributed by atoms with Gasteiger partial charge in [-0.2, -0.15) is 0 Å². The van der Waals surface area contributed by atoms with Crippen LogP contribution >= 0.6 is 0 Å². The molecule has 0 atom stereocenters. The van der Waals surface area contributed by atoms with Gasteiger partial charge in [-0.1, -0.05) is 0 Å². The van der Waals surface area contributed by atoms with Gasteiger partial charge >= 0.3 is 0 Å². The van der Waals surface area contributed by atoms with Crippen LogP contribution in [0.1, 0.15) is 12.8 Å². The zero-order chi connectivity index (χ0) is 13.2. The zero-order valence-corrected chi connectivity index (χ0v) is 11.6. The molecule has 2 heterocycles. The molecule has 1 aromatic rings. The van der Waals surface area contributed by atoms with Gasteiger partial charge in [0.2, 0.25) is 0 Å². The van der Waals surface area contributed by atoms with Gasteiger partial charge in [-0.15, -0.1) is 0 Å². The number of rotatable bonds is 3. The smallest absolute Gasteiger partial charge is 0.150 e. The maximum Gasteiger partial charge on any atom is 0.150 e. The molecular formula is C12H19N3O2S.